The maximum atomic E-state index is 6.10. The predicted molar refractivity (Wildman–Crippen MR) is 47.9 cm³/mol. The minimum Gasteiger partial charge on any atom is -0.377 e. The zero-order chi connectivity index (χ0) is 8.60. The molecule has 1 saturated heterocycles. The first kappa shape index (κ1) is 7.77. The molecule has 0 bridgehead atoms. The van der Waals surface area contributed by atoms with Crippen molar-refractivity contribution in [3.05, 3.63) is 35.4 Å². The van der Waals surface area contributed by atoms with Crippen molar-refractivity contribution >= 4 is 0 Å². The van der Waals surface area contributed by atoms with E-state index in [0.717, 1.165) is 0 Å². The molecule has 0 aromatic heterocycles. The van der Waals surface area contributed by atoms with E-state index in [1.807, 2.05) is 12.1 Å². The Morgan fingerprint density at radius 1 is 1.33 bits per heavy atom. The molecule has 0 amide bonds. The average Bonchev–Trinajstić information content (AvgIpc) is 2.01. The second kappa shape index (κ2) is 2.57. The van der Waals surface area contributed by atoms with Gasteiger partial charge in [0.2, 0.25) is 0 Å². The van der Waals surface area contributed by atoms with Crippen LogP contribution in [0.3, 0.4) is 0 Å². The fourth-order valence-corrected chi connectivity index (χ4v) is 1.61. The topological polar surface area (TPSA) is 35.2 Å². The van der Waals surface area contributed by atoms with Crippen LogP contribution in [0.4, 0.5) is 0 Å². The SMILES string of the molecule is Cc1ccccc1C1(N)COC1. The summed E-state index contributed by atoms with van der Waals surface area (Å²) in [5, 5.41) is 0. The lowest BCUT2D eigenvalue weighted by molar-refractivity contribution is -0.0572. The van der Waals surface area contributed by atoms with Gasteiger partial charge in [0.1, 0.15) is 0 Å². The highest BCUT2D eigenvalue weighted by Crippen LogP contribution is 2.28. The van der Waals surface area contributed by atoms with E-state index in [2.05, 4.69) is 19.1 Å². The Balaban J connectivity index is 2.39. The van der Waals surface area contributed by atoms with Crippen LogP contribution in [-0.2, 0) is 10.3 Å². The van der Waals surface area contributed by atoms with Crippen LogP contribution >= 0.6 is 0 Å². The van der Waals surface area contributed by atoms with Crippen molar-refractivity contribution in [2.45, 2.75) is 12.5 Å². The molecular weight excluding hydrogens is 150 g/mol. The van der Waals surface area contributed by atoms with E-state index in [9.17, 15) is 0 Å². The summed E-state index contributed by atoms with van der Waals surface area (Å²) in [6.07, 6.45) is 0. The minimum absolute atomic E-state index is 0.217. The fraction of sp³-hybridized carbons (Fsp3) is 0.400. The number of benzene rings is 1. The molecule has 0 unspecified atom stereocenters. The lowest BCUT2D eigenvalue weighted by Gasteiger charge is -2.39. The van der Waals surface area contributed by atoms with Gasteiger partial charge in [-0.3, -0.25) is 0 Å². The van der Waals surface area contributed by atoms with Gasteiger partial charge in [0.05, 0.1) is 18.8 Å². The van der Waals surface area contributed by atoms with Gasteiger partial charge in [-0.15, -0.1) is 0 Å². The molecule has 0 radical (unpaired) electrons. The monoisotopic (exact) mass is 163 g/mol. The maximum Gasteiger partial charge on any atom is 0.0886 e. The molecular formula is C10H13NO. The minimum atomic E-state index is -0.217. The molecule has 1 aliphatic rings. The molecule has 2 rings (SSSR count). The molecule has 1 aromatic carbocycles. The van der Waals surface area contributed by atoms with Gasteiger partial charge in [-0.05, 0) is 18.1 Å². The first-order valence-corrected chi connectivity index (χ1v) is 4.15. The Labute approximate surface area is 72.3 Å². The summed E-state index contributed by atoms with van der Waals surface area (Å²) in [6, 6.07) is 8.22. The first-order valence-electron chi connectivity index (χ1n) is 4.15. The summed E-state index contributed by atoms with van der Waals surface area (Å²) < 4.78 is 5.12. The fourth-order valence-electron chi connectivity index (χ4n) is 1.61. The van der Waals surface area contributed by atoms with Gasteiger partial charge in [-0.2, -0.15) is 0 Å². The Kier molecular flexibility index (Phi) is 1.67. The average molecular weight is 163 g/mol. The number of hydrogen-bond donors (Lipinski definition) is 1. The van der Waals surface area contributed by atoms with Crippen LogP contribution in [0.2, 0.25) is 0 Å². The number of rotatable bonds is 1. The normalized spacial score (nSPS) is 20.2. The smallest absolute Gasteiger partial charge is 0.0886 e. The molecule has 2 heteroatoms. The van der Waals surface area contributed by atoms with E-state index < -0.39 is 0 Å². The van der Waals surface area contributed by atoms with Crippen LogP contribution in [0.15, 0.2) is 24.3 Å². The maximum absolute atomic E-state index is 6.10. The van der Waals surface area contributed by atoms with Gasteiger partial charge in [0.25, 0.3) is 0 Å². The van der Waals surface area contributed by atoms with Crippen molar-refractivity contribution in [2.24, 2.45) is 5.73 Å². The predicted octanol–water partition coefficient (Wildman–Crippen LogP) is 1.18. The third kappa shape index (κ3) is 1.04. The van der Waals surface area contributed by atoms with Gasteiger partial charge < -0.3 is 10.5 Å². The van der Waals surface area contributed by atoms with Crippen LogP contribution in [0.5, 0.6) is 0 Å². The first-order chi connectivity index (χ1) is 5.72. The second-order valence-electron chi connectivity index (χ2n) is 3.46. The Bertz CT molecular complexity index is 292. The molecule has 1 aromatic rings. The van der Waals surface area contributed by atoms with Crippen LogP contribution in [0.1, 0.15) is 11.1 Å². The van der Waals surface area contributed by atoms with Gasteiger partial charge >= 0.3 is 0 Å². The molecule has 1 aliphatic heterocycles. The van der Waals surface area contributed by atoms with Gasteiger partial charge in [0, 0.05) is 0 Å². The largest absolute Gasteiger partial charge is 0.377 e. The number of ether oxygens (including phenoxy) is 1. The van der Waals surface area contributed by atoms with Crippen molar-refractivity contribution < 1.29 is 4.74 Å². The van der Waals surface area contributed by atoms with E-state index in [1.165, 1.54) is 11.1 Å². The summed E-state index contributed by atoms with van der Waals surface area (Å²) in [5.74, 6) is 0. The highest BCUT2D eigenvalue weighted by atomic mass is 16.5. The second-order valence-corrected chi connectivity index (χ2v) is 3.46. The quantitative estimate of drug-likeness (QED) is 0.674. The molecule has 0 spiro atoms. The lowest BCUT2D eigenvalue weighted by Crippen LogP contribution is -2.54. The number of nitrogens with two attached hydrogens (primary N) is 1. The van der Waals surface area contributed by atoms with E-state index in [1.54, 1.807) is 0 Å². The third-order valence-corrected chi connectivity index (χ3v) is 2.40. The lowest BCUT2D eigenvalue weighted by atomic mass is 9.86. The summed E-state index contributed by atoms with van der Waals surface area (Å²) in [4.78, 5) is 0. The zero-order valence-corrected chi connectivity index (χ0v) is 7.21. The van der Waals surface area contributed by atoms with E-state index in [-0.39, 0.29) is 5.54 Å². The Morgan fingerprint density at radius 2 is 2.00 bits per heavy atom. The van der Waals surface area contributed by atoms with Crippen molar-refractivity contribution in [2.75, 3.05) is 13.2 Å². The summed E-state index contributed by atoms with van der Waals surface area (Å²) in [5.41, 5.74) is 8.35. The molecule has 0 atom stereocenters. The van der Waals surface area contributed by atoms with Gasteiger partial charge in [-0.1, -0.05) is 24.3 Å². The number of aryl methyl sites for hydroxylation is 1. The van der Waals surface area contributed by atoms with E-state index in [0.29, 0.717) is 13.2 Å². The van der Waals surface area contributed by atoms with Gasteiger partial charge in [-0.25, -0.2) is 0 Å². The molecule has 2 nitrogen and oxygen atoms in total. The van der Waals surface area contributed by atoms with Crippen molar-refractivity contribution in [3.63, 3.8) is 0 Å². The molecule has 0 saturated carbocycles. The highest BCUT2D eigenvalue weighted by molar-refractivity contribution is 5.33. The molecule has 1 heterocycles. The van der Waals surface area contributed by atoms with Crippen LogP contribution in [-0.4, -0.2) is 13.2 Å². The van der Waals surface area contributed by atoms with Crippen molar-refractivity contribution in [1.29, 1.82) is 0 Å². The van der Waals surface area contributed by atoms with Gasteiger partial charge in [0.15, 0.2) is 0 Å². The highest BCUT2D eigenvalue weighted by Gasteiger charge is 2.36. The molecule has 0 aliphatic carbocycles. The molecule has 2 N–H and O–H groups in total. The van der Waals surface area contributed by atoms with Crippen LogP contribution < -0.4 is 5.73 Å². The summed E-state index contributed by atoms with van der Waals surface area (Å²) in [7, 11) is 0. The molecule has 64 valence electrons. The zero-order valence-electron chi connectivity index (χ0n) is 7.21. The van der Waals surface area contributed by atoms with E-state index >= 15 is 0 Å². The third-order valence-electron chi connectivity index (χ3n) is 2.40. The van der Waals surface area contributed by atoms with Crippen LogP contribution in [0, 0.1) is 6.92 Å². The van der Waals surface area contributed by atoms with Crippen molar-refractivity contribution in [3.8, 4) is 0 Å². The van der Waals surface area contributed by atoms with E-state index in [4.69, 9.17) is 10.5 Å². The van der Waals surface area contributed by atoms with Crippen molar-refractivity contribution in [1.82, 2.24) is 0 Å². The molecule has 1 fully saturated rings. The Morgan fingerprint density at radius 3 is 2.50 bits per heavy atom. The summed E-state index contributed by atoms with van der Waals surface area (Å²) >= 11 is 0. The number of hydrogen-bond acceptors (Lipinski definition) is 2. The standard InChI is InChI=1S/C10H13NO/c1-8-4-2-3-5-9(8)10(11)6-12-7-10/h2-5H,6-7,11H2,1H3. The summed E-state index contributed by atoms with van der Waals surface area (Å²) in [6.45, 7) is 3.39. The molecule has 12 heavy (non-hydrogen) atoms. The Hall–Kier alpha value is -0.860. The van der Waals surface area contributed by atoms with Crippen LogP contribution in [0.25, 0.3) is 0 Å².